The van der Waals surface area contributed by atoms with E-state index in [4.69, 9.17) is 4.74 Å². The predicted molar refractivity (Wildman–Crippen MR) is 59.0 cm³/mol. The summed E-state index contributed by atoms with van der Waals surface area (Å²) in [4.78, 5) is 15.1. The Bertz CT molecular complexity index is 373. The van der Waals surface area contributed by atoms with Crippen molar-refractivity contribution >= 4 is 5.91 Å². The molecule has 2 N–H and O–H groups in total. The quantitative estimate of drug-likeness (QED) is 0.755. The molecule has 0 aliphatic rings. The Morgan fingerprint density at radius 1 is 1.71 bits per heavy atom. The summed E-state index contributed by atoms with van der Waals surface area (Å²) in [6.07, 6.45) is 2.04. The van der Waals surface area contributed by atoms with Crippen LogP contribution in [-0.4, -0.2) is 42.4 Å². The van der Waals surface area contributed by atoms with Crippen LogP contribution in [0.2, 0.25) is 0 Å². The Labute approximate surface area is 98.6 Å². The fourth-order valence-corrected chi connectivity index (χ4v) is 1.28. The van der Waals surface area contributed by atoms with Gasteiger partial charge in [-0.2, -0.15) is 0 Å². The molecular weight excluding hydrogens is 227 g/mol. The largest absolute Gasteiger partial charge is 0.391 e. The van der Waals surface area contributed by atoms with Crippen LogP contribution in [0.5, 0.6) is 0 Å². The highest BCUT2D eigenvalue weighted by molar-refractivity contribution is 5.94. The zero-order valence-electron chi connectivity index (χ0n) is 9.52. The molecule has 1 amide bonds. The van der Waals surface area contributed by atoms with Crippen LogP contribution in [0.15, 0.2) is 18.5 Å². The molecule has 1 rings (SSSR count). The highest BCUT2D eigenvalue weighted by atomic mass is 19.1. The van der Waals surface area contributed by atoms with Crippen LogP contribution < -0.4 is 5.32 Å². The number of hydrogen-bond acceptors (Lipinski definition) is 4. The first-order valence-corrected chi connectivity index (χ1v) is 5.20. The van der Waals surface area contributed by atoms with Crippen molar-refractivity contribution in [3.8, 4) is 0 Å². The van der Waals surface area contributed by atoms with Gasteiger partial charge in [-0.3, -0.25) is 9.78 Å². The van der Waals surface area contributed by atoms with Gasteiger partial charge in [-0.05, 0) is 12.5 Å². The minimum absolute atomic E-state index is 0.0544. The van der Waals surface area contributed by atoms with E-state index in [-0.39, 0.29) is 18.7 Å². The molecule has 0 spiro atoms. The average molecular weight is 242 g/mol. The van der Waals surface area contributed by atoms with E-state index in [2.05, 4.69) is 10.3 Å². The lowest BCUT2D eigenvalue weighted by molar-refractivity contribution is 0.0587. The molecular formula is C11H15FN2O3. The Balaban J connectivity index is 2.38. The van der Waals surface area contributed by atoms with Crippen LogP contribution in [0.4, 0.5) is 4.39 Å². The van der Waals surface area contributed by atoms with Crippen molar-refractivity contribution in [3.05, 3.63) is 29.8 Å². The molecule has 1 atom stereocenters. The lowest BCUT2D eigenvalue weighted by Crippen LogP contribution is -2.29. The maximum Gasteiger partial charge on any atom is 0.254 e. The molecule has 1 aromatic heterocycles. The number of ether oxygens (including phenoxy) is 1. The van der Waals surface area contributed by atoms with Crippen molar-refractivity contribution < 1.29 is 19.0 Å². The number of pyridine rings is 1. The molecule has 6 heteroatoms. The van der Waals surface area contributed by atoms with E-state index in [1.54, 1.807) is 0 Å². The maximum absolute atomic E-state index is 13.2. The number of halogens is 1. The molecule has 0 aliphatic carbocycles. The van der Waals surface area contributed by atoms with Crippen LogP contribution in [0.25, 0.3) is 0 Å². The first kappa shape index (κ1) is 13.5. The van der Waals surface area contributed by atoms with E-state index in [9.17, 15) is 14.3 Å². The molecule has 1 aromatic rings. The van der Waals surface area contributed by atoms with Gasteiger partial charge in [0.2, 0.25) is 0 Å². The molecule has 0 radical (unpaired) electrons. The number of aliphatic hydroxyl groups excluding tert-OH is 1. The highest BCUT2D eigenvalue weighted by Gasteiger charge is 2.11. The van der Waals surface area contributed by atoms with Crippen molar-refractivity contribution in [3.63, 3.8) is 0 Å². The van der Waals surface area contributed by atoms with Crippen LogP contribution in [0, 0.1) is 5.82 Å². The van der Waals surface area contributed by atoms with Gasteiger partial charge in [-0.1, -0.05) is 0 Å². The summed E-state index contributed by atoms with van der Waals surface area (Å²) in [7, 11) is 1.48. The summed E-state index contributed by atoms with van der Waals surface area (Å²) in [5, 5.41) is 11.8. The summed E-state index contributed by atoms with van der Waals surface area (Å²) in [6.45, 7) is 0.463. The second-order valence-corrected chi connectivity index (χ2v) is 3.51. The molecule has 0 aromatic carbocycles. The lowest BCUT2D eigenvalue weighted by atomic mass is 10.2. The summed E-state index contributed by atoms with van der Waals surface area (Å²) >= 11 is 0. The molecule has 5 nitrogen and oxygen atoms in total. The van der Waals surface area contributed by atoms with Gasteiger partial charge in [0.05, 0.1) is 24.5 Å². The number of carbonyl (C=O) groups excluding carboxylic acids is 1. The van der Waals surface area contributed by atoms with E-state index < -0.39 is 17.8 Å². The van der Waals surface area contributed by atoms with Crippen molar-refractivity contribution in [2.75, 3.05) is 20.3 Å². The molecule has 0 fully saturated rings. The maximum atomic E-state index is 13.2. The third kappa shape index (κ3) is 4.46. The minimum atomic E-state index is -0.664. The Morgan fingerprint density at radius 3 is 3.12 bits per heavy atom. The Kier molecular flexibility index (Phi) is 5.51. The second-order valence-electron chi connectivity index (χ2n) is 3.51. The Morgan fingerprint density at radius 2 is 2.47 bits per heavy atom. The smallest absolute Gasteiger partial charge is 0.254 e. The summed E-state index contributed by atoms with van der Waals surface area (Å²) < 4.78 is 17.9. The highest BCUT2D eigenvalue weighted by Crippen LogP contribution is 2.03. The average Bonchev–Trinajstić information content (AvgIpc) is 2.29. The molecule has 94 valence electrons. The second kappa shape index (κ2) is 6.93. The van der Waals surface area contributed by atoms with Gasteiger partial charge < -0.3 is 15.2 Å². The lowest BCUT2D eigenvalue weighted by Gasteiger charge is -2.10. The molecule has 0 bridgehead atoms. The van der Waals surface area contributed by atoms with E-state index in [0.717, 1.165) is 6.20 Å². The standard InChI is InChI=1S/C11H15FN2O3/c1-17-7-8(15)2-5-14-11(16)9-3-4-13-6-10(9)12/h3-4,6,8,15H,2,5,7H2,1H3,(H,14,16). The predicted octanol–water partition coefficient (Wildman–Crippen LogP) is 0.348. The number of rotatable bonds is 6. The number of nitrogens with one attached hydrogen (secondary N) is 1. The molecule has 0 saturated carbocycles. The summed E-state index contributed by atoms with van der Waals surface area (Å²) in [5.74, 6) is -1.18. The molecule has 0 aliphatic heterocycles. The number of hydrogen-bond donors (Lipinski definition) is 2. The van der Waals surface area contributed by atoms with Crippen molar-refractivity contribution in [1.29, 1.82) is 0 Å². The minimum Gasteiger partial charge on any atom is -0.391 e. The van der Waals surface area contributed by atoms with Crippen molar-refractivity contribution in [2.24, 2.45) is 0 Å². The van der Waals surface area contributed by atoms with Gasteiger partial charge in [0.15, 0.2) is 5.82 Å². The zero-order chi connectivity index (χ0) is 12.7. The van der Waals surface area contributed by atoms with Gasteiger partial charge in [-0.25, -0.2) is 4.39 Å². The van der Waals surface area contributed by atoms with Crippen molar-refractivity contribution in [2.45, 2.75) is 12.5 Å². The monoisotopic (exact) mass is 242 g/mol. The van der Waals surface area contributed by atoms with E-state index >= 15 is 0 Å². The topological polar surface area (TPSA) is 71.5 Å². The molecule has 1 heterocycles. The van der Waals surface area contributed by atoms with E-state index in [1.807, 2.05) is 0 Å². The van der Waals surface area contributed by atoms with Crippen LogP contribution in [0.1, 0.15) is 16.8 Å². The van der Waals surface area contributed by atoms with Gasteiger partial charge in [0.1, 0.15) is 0 Å². The SMILES string of the molecule is COCC(O)CCNC(=O)c1ccncc1F. The number of methoxy groups -OCH3 is 1. The molecule has 17 heavy (non-hydrogen) atoms. The third-order valence-corrected chi connectivity index (χ3v) is 2.14. The van der Waals surface area contributed by atoms with Crippen molar-refractivity contribution in [1.82, 2.24) is 10.3 Å². The third-order valence-electron chi connectivity index (χ3n) is 2.14. The number of nitrogens with zero attached hydrogens (tertiary/aromatic N) is 1. The van der Waals surface area contributed by atoms with Crippen LogP contribution in [-0.2, 0) is 4.74 Å². The number of carbonyl (C=O) groups is 1. The normalized spacial score (nSPS) is 12.2. The van der Waals surface area contributed by atoms with Gasteiger partial charge in [0.25, 0.3) is 5.91 Å². The van der Waals surface area contributed by atoms with E-state index in [1.165, 1.54) is 19.4 Å². The first-order chi connectivity index (χ1) is 8.15. The fraction of sp³-hybridized carbons (Fsp3) is 0.455. The fourth-order valence-electron chi connectivity index (χ4n) is 1.28. The molecule has 1 unspecified atom stereocenters. The van der Waals surface area contributed by atoms with Gasteiger partial charge in [0, 0.05) is 19.9 Å². The van der Waals surface area contributed by atoms with Gasteiger partial charge >= 0.3 is 0 Å². The van der Waals surface area contributed by atoms with Gasteiger partial charge in [-0.15, -0.1) is 0 Å². The van der Waals surface area contributed by atoms with E-state index in [0.29, 0.717) is 6.42 Å². The zero-order valence-corrected chi connectivity index (χ0v) is 9.52. The van der Waals surface area contributed by atoms with Crippen LogP contribution in [0.3, 0.4) is 0 Å². The number of aliphatic hydroxyl groups is 1. The molecule has 0 saturated heterocycles. The Hall–Kier alpha value is -1.53. The summed E-state index contributed by atoms with van der Waals surface area (Å²) in [5.41, 5.74) is -0.0544. The summed E-state index contributed by atoms with van der Waals surface area (Å²) in [6, 6.07) is 1.30. The number of aromatic nitrogens is 1. The number of amides is 1. The van der Waals surface area contributed by atoms with Crippen LogP contribution >= 0.6 is 0 Å². The first-order valence-electron chi connectivity index (χ1n) is 5.20.